The molecule has 1 heterocycles. The molecule has 0 atom stereocenters. The van der Waals surface area contributed by atoms with E-state index in [9.17, 15) is 5.11 Å². The van der Waals surface area contributed by atoms with Crippen molar-refractivity contribution < 1.29 is 5.11 Å². The van der Waals surface area contributed by atoms with Crippen LogP contribution in [0.1, 0.15) is 25.5 Å². The lowest BCUT2D eigenvalue weighted by molar-refractivity contribution is 0.475. The molecule has 0 spiro atoms. The zero-order valence-corrected chi connectivity index (χ0v) is 9.88. The zero-order chi connectivity index (χ0) is 12.3. The highest BCUT2D eigenvalue weighted by Crippen LogP contribution is 2.18. The van der Waals surface area contributed by atoms with E-state index < -0.39 is 0 Å². The highest BCUT2D eigenvalue weighted by atomic mass is 16.3. The van der Waals surface area contributed by atoms with Gasteiger partial charge in [0.1, 0.15) is 5.75 Å². The number of nitrogens with zero attached hydrogens (tertiary/aromatic N) is 2. The van der Waals surface area contributed by atoms with Crippen molar-refractivity contribution in [1.29, 1.82) is 0 Å². The second-order valence-corrected chi connectivity index (χ2v) is 4.13. The van der Waals surface area contributed by atoms with Crippen molar-refractivity contribution in [2.45, 2.75) is 19.8 Å². The largest absolute Gasteiger partial charge is 0.508 e. The molecule has 0 amide bonds. The molecule has 0 radical (unpaired) electrons. The highest BCUT2D eigenvalue weighted by molar-refractivity contribution is 5.54. The fraction of sp³-hybridized carbons (Fsp3) is 0.231. The topological polar surface area (TPSA) is 58.0 Å². The summed E-state index contributed by atoms with van der Waals surface area (Å²) in [6.07, 6.45) is 1.74. The van der Waals surface area contributed by atoms with Gasteiger partial charge in [0.05, 0.1) is 0 Å². The van der Waals surface area contributed by atoms with Crippen LogP contribution >= 0.6 is 0 Å². The number of aromatic nitrogens is 2. The predicted octanol–water partition coefficient (Wildman–Crippen LogP) is 3.05. The second-order valence-electron chi connectivity index (χ2n) is 4.13. The molecule has 17 heavy (non-hydrogen) atoms. The number of anilines is 2. The Hall–Kier alpha value is -2.10. The van der Waals surface area contributed by atoms with Crippen LogP contribution < -0.4 is 5.32 Å². The number of rotatable bonds is 3. The highest BCUT2D eigenvalue weighted by Gasteiger charge is 2.03. The van der Waals surface area contributed by atoms with E-state index in [1.165, 1.54) is 0 Å². The summed E-state index contributed by atoms with van der Waals surface area (Å²) in [5.74, 6) is 1.19. The molecule has 2 aromatic rings. The first-order chi connectivity index (χ1) is 8.15. The minimum atomic E-state index is 0.243. The molecule has 1 aromatic heterocycles. The molecule has 0 saturated heterocycles. The normalized spacial score (nSPS) is 10.5. The average molecular weight is 229 g/mol. The molecule has 0 aliphatic rings. The van der Waals surface area contributed by atoms with Gasteiger partial charge in [-0.15, -0.1) is 0 Å². The van der Waals surface area contributed by atoms with Crippen LogP contribution in [0.15, 0.2) is 36.5 Å². The van der Waals surface area contributed by atoms with Crippen LogP contribution in [0.5, 0.6) is 5.75 Å². The van der Waals surface area contributed by atoms with Gasteiger partial charge < -0.3 is 10.4 Å². The van der Waals surface area contributed by atoms with E-state index in [1.54, 1.807) is 30.5 Å². The van der Waals surface area contributed by atoms with Crippen LogP contribution in [-0.4, -0.2) is 15.1 Å². The first kappa shape index (κ1) is 11.4. The third-order valence-electron chi connectivity index (χ3n) is 2.39. The predicted molar refractivity (Wildman–Crippen MR) is 67.5 cm³/mol. The lowest BCUT2D eigenvalue weighted by Gasteiger charge is -2.08. The molecule has 0 fully saturated rings. The van der Waals surface area contributed by atoms with Gasteiger partial charge in [0.25, 0.3) is 0 Å². The van der Waals surface area contributed by atoms with Crippen molar-refractivity contribution in [3.05, 3.63) is 42.2 Å². The fourth-order valence-corrected chi connectivity index (χ4v) is 1.43. The Labute approximate surface area is 100 Å². The van der Waals surface area contributed by atoms with Crippen molar-refractivity contribution in [3.8, 4) is 5.75 Å². The number of phenols is 1. The number of hydrogen-bond acceptors (Lipinski definition) is 4. The maximum absolute atomic E-state index is 9.18. The van der Waals surface area contributed by atoms with E-state index >= 15 is 0 Å². The van der Waals surface area contributed by atoms with E-state index in [0.29, 0.717) is 11.9 Å². The molecular formula is C13H15N3O. The number of phenolic OH excluding ortho intramolecular Hbond substituents is 1. The van der Waals surface area contributed by atoms with Crippen molar-refractivity contribution in [2.75, 3.05) is 5.32 Å². The summed E-state index contributed by atoms with van der Waals surface area (Å²) < 4.78 is 0. The van der Waals surface area contributed by atoms with Gasteiger partial charge in [0, 0.05) is 17.6 Å². The van der Waals surface area contributed by atoms with Crippen LogP contribution in [-0.2, 0) is 0 Å². The maximum Gasteiger partial charge on any atom is 0.227 e. The molecule has 1 aromatic carbocycles. The SMILES string of the molecule is CC(C)c1ccnc(Nc2ccc(O)cc2)n1. The van der Waals surface area contributed by atoms with Gasteiger partial charge in [-0.1, -0.05) is 13.8 Å². The average Bonchev–Trinajstić information content (AvgIpc) is 2.32. The Morgan fingerprint density at radius 2 is 1.82 bits per heavy atom. The molecule has 0 saturated carbocycles. The fourth-order valence-electron chi connectivity index (χ4n) is 1.43. The molecule has 88 valence electrons. The van der Waals surface area contributed by atoms with Crippen molar-refractivity contribution in [3.63, 3.8) is 0 Å². The third kappa shape index (κ3) is 2.93. The number of benzene rings is 1. The summed E-state index contributed by atoms with van der Waals surface area (Å²) in [7, 11) is 0. The van der Waals surface area contributed by atoms with Gasteiger partial charge in [-0.25, -0.2) is 9.97 Å². The van der Waals surface area contributed by atoms with Crippen molar-refractivity contribution >= 4 is 11.6 Å². The van der Waals surface area contributed by atoms with Crippen LogP contribution in [0.3, 0.4) is 0 Å². The van der Waals surface area contributed by atoms with E-state index in [2.05, 4.69) is 29.1 Å². The minimum Gasteiger partial charge on any atom is -0.508 e. The van der Waals surface area contributed by atoms with E-state index in [0.717, 1.165) is 11.4 Å². The Bertz CT molecular complexity index is 494. The third-order valence-corrected chi connectivity index (χ3v) is 2.39. The Balaban J connectivity index is 2.18. The summed E-state index contributed by atoms with van der Waals surface area (Å²) in [4.78, 5) is 8.56. The number of nitrogens with one attached hydrogen (secondary N) is 1. The molecule has 2 rings (SSSR count). The number of hydrogen-bond donors (Lipinski definition) is 2. The molecule has 2 N–H and O–H groups in total. The summed E-state index contributed by atoms with van der Waals surface area (Å²) in [5, 5.41) is 12.3. The van der Waals surface area contributed by atoms with Crippen LogP contribution in [0.2, 0.25) is 0 Å². The standard InChI is InChI=1S/C13H15N3O/c1-9(2)12-7-8-14-13(16-12)15-10-3-5-11(17)6-4-10/h3-9,17H,1-2H3,(H,14,15,16). The first-order valence-electron chi connectivity index (χ1n) is 5.54. The number of aromatic hydroxyl groups is 1. The summed E-state index contributed by atoms with van der Waals surface area (Å²) >= 11 is 0. The van der Waals surface area contributed by atoms with Crippen molar-refractivity contribution in [2.24, 2.45) is 0 Å². The molecule has 4 nitrogen and oxygen atoms in total. The monoisotopic (exact) mass is 229 g/mol. The lowest BCUT2D eigenvalue weighted by Crippen LogP contribution is -2.00. The first-order valence-corrected chi connectivity index (χ1v) is 5.54. The second kappa shape index (κ2) is 4.82. The Morgan fingerprint density at radius 3 is 2.47 bits per heavy atom. The van der Waals surface area contributed by atoms with Gasteiger partial charge in [-0.2, -0.15) is 0 Å². The van der Waals surface area contributed by atoms with Gasteiger partial charge in [0.2, 0.25) is 5.95 Å². The van der Waals surface area contributed by atoms with Gasteiger partial charge in [-0.05, 0) is 36.2 Å². The van der Waals surface area contributed by atoms with Gasteiger partial charge in [-0.3, -0.25) is 0 Å². The lowest BCUT2D eigenvalue weighted by atomic mass is 10.1. The Morgan fingerprint density at radius 1 is 1.12 bits per heavy atom. The van der Waals surface area contributed by atoms with Gasteiger partial charge in [0.15, 0.2) is 0 Å². The van der Waals surface area contributed by atoms with E-state index in [1.807, 2.05) is 6.07 Å². The zero-order valence-electron chi connectivity index (χ0n) is 9.88. The Kier molecular flexibility index (Phi) is 3.23. The molecule has 0 aliphatic heterocycles. The van der Waals surface area contributed by atoms with Crippen LogP contribution in [0, 0.1) is 0 Å². The van der Waals surface area contributed by atoms with Gasteiger partial charge >= 0.3 is 0 Å². The molecule has 4 heteroatoms. The summed E-state index contributed by atoms with van der Waals surface area (Å²) in [6, 6.07) is 8.71. The maximum atomic E-state index is 9.18. The minimum absolute atomic E-state index is 0.243. The molecule has 0 bridgehead atoms. The summed E-state index contributed by atoms with van der Waals surface area (Å²) in [6.45, 7) is 4.18. The van der Waals surface area contributed by atoms with Crippen LogP contribution in [0.25, 0.3) is 0 Å². The van der Waals surface area contributed by atoms with Crippen LogP contribution in [0.4, 0.5) is 11.6 Å². The quantitative estimate of drug-likeness (QED) is 0.794. The van der Waals surface area contributed by atoms with Crippen molar-refractivity contribution in [1.82, 2.24) is 9.97 Å². The summed E-state index contributed by atoms with van der Waals surface area (Å²) in [5.41, 5.74) is 1.85. The molecule has 0 aliphatic carbocycles. The molecular weight excluding hydrogens is 214 g/mol. The molecule has 0 unspecified atom stereocenters. The van der Waals surface area contributed by atoms with E-state index in [4.69, 9.17) is 0 Å². The smallest absolute Gasteiger partial charge is 0.227 e. The van der Waals surface area contributed by atoms with E-state index in [-0.39, 0.29) is 5.75 Å².